The fraction of sp³-hybridized carbons (Fsp3) is 0.625. The third kappa shape index (κ3) is 4.02. The topological polar surface area (TPSA) is 56.7 Å². The van der Waals surface area contributed by atoms with Gasteiger partial charge in [-0.15, -0.1) is 0 Å². The van der Waals surface area contributed by atoms with Gasteiger partial charge in [0.05, 0.1) is 12.2 Å². The molecule has 0 atom stereocenters. The lowest BCUT2D eigenvalue weighted by atomic mass is 9.91. The first-order valence-electron chi connectivity index (χ1n) is 7.51. The van der Waals surface area contributed by atoms with Gasteiger partial charge < -0.3 is 10.0 Å². The van der Waals surface area contributed by atoms with Crippen molar-refractivity contribution in [2.45, 2.75) is 26.2 Å². The number of carbonyl (C=O) groups excluding carboxylic acids is 1. The van der Waals surface area contributed by atoms with Crippen molar-refractivity contribution in [3.8, 4) is 0 Å². The molecule has 116 valence electrons. The van der Waals surface area contributed by atoms with Gasteiger partial charge in [-0.25, -0.2) is 0 Å². The number of rotatable bonds is 3. The molecule has 1 saturated heterocycles. The van der Waals surface area contributed by atoms with E-state index in [9.17, 15) is 4.79 Å². The highest BCUT2D eigenvalue weighted by Gasteiger charge is 2.22. The second-order valence-corrected chi connectivity index (χ2v) is 6.54. The summed E-state index contributed by atoms with van der Waals surface area (Å²) in [6.45, 7) is 10.2. The van der Waals surface area contributed by atoms with E-state index in [1.54, 1.807) is 6.20 Å². The highest BCUT2D eigenvalue weighted by Crippen LogP contribution is 2.20. The van der Waals surface area contributed by atoms with Gasteiger partial charge in [0.2, 0.25) is 0 Å². The van der Waals surface area contributed by atoms with Gasteiger partial charge in [0.1, 0.15) is 0 Å². The van der Waals surface area contributed by atoms with Crippen LogP contribution in [-0.4, -0.2) is 65.1 Å². The molecule has 0 aliphatic carbocycles. The summed E-state index contributed by atoms with van der Waals surface area (Å²) in [6.07, 6.45) is 1.68. The van der Waals surface area contributed by atoms with Crippen LogP contribution in [0.3, 0.4) is 0 Å². The molecule has 1 aromatic rings. The van der Waals surface area contributed by atoms with E-state index in [0.717, 1.165) is 18.8 Å². The molecule has 5 nitrogen and oxygen atoms in total. The van der Waals surface area contributed by atoms with Crippen molar-refractivity contribution in [3.05, 3.63) is 29.6 Å². The van der Waals surface area contributed by atoms with Crippen LogP contribution in [-0.2, 0) is 5.41 Å². The number of nitrogens with zero attached hydrogens (tertiary/aromatic N) is 3. The fourth-order valence-electron chi connectivity index (χ4n) is 2.46. The molecule has 2 heterocycles. The van der Waals surface area contributed by atoms with Crippen molar-refractivity contribution in [3.63, 3.8) is 0 Å². The van der Waals surface area contributed by atoms with E-state index in [2.05, 4.69) is 30.7 Å². The lowest BCUT2D eigenvalue weighted by Crippen LogP contribution is -2.49. The Bertz CT molecular complexity index is 471. The van der Waals surface area contributed by atoms with Crippen molar-refractivity contribution in [1.82, 2.24) is 14.8 Å². The average Bonchev–Trinajstić information content (AvgIpc) is 2.47. The number of pyridine rings is 1. The predicted molar refractivity (Wildman–Crippen MR) is 82.4 cm³/mol. The first kappa shape index (κ1) is 15.9. The second-order valence-electron chi connectivity index (χ2n) is 6.54. The molecule has 1 N–H and O–H groups in total. The van der Waals surface area contributed by atoms with Crippen LogP contribution in [0, 0.1) is 0 Å². The summed E-state index contributed by atoms with van der Waals surface area (Å²) in [5.41, 5.74) is 1.64. The van der Waals surface area contributed by atoms with Gasteiger partial charge in [0.15, 0.2) is 0 Å². The van der Waals surface area contributed by atoms with Crippen molar-refractivity contribution in [1.29, 1.82) is 0 Å². The molecular formula is C16H25N3O2. The number of hydrogen-bond donors (Lipinski definition) is 1. The fourth-order valence-corrected chi connectivity index (χ4v) is 2.46. The Morgan fingerprint density at radius 1 is 1.24 bits per heavy atom. The van der Waals surface area contributed by atoms with Gasteiger partial charge in [0.25, 0.3) is 5.91 Å². The van der Waals surface area contributed by atoms with E-state index in [0.29, 0.717) is 25.2 Å². The van der Waals surface area contributed by atoms with Gasteiger partial charge in [0, 0.05) is 50.0 Å². The van der Waals surface area contributed by atoms with E-state index in [4.69, 9.17) is 5.11 Å². The monoisotopic (exact) mass is 291 g/mol. The summed E-state index contributed by atoms with van der Waals surface area (Å²) in [5.74, 6) is 0.0478. The predicted octanol–water partition coefficient (Wildman–Crippen LogP) is 1.13. The molecule has 0 bridgehead atoms. The highest BCUT2D eigenvalue weighted by molar-refractivity contribution is 5.94. The second kappa shape index (κ2) is 6.54. The van der Waals surface area contributed by atoms with Crippen LogP contribution in [0.15, 0.2) is 18.3 Å². The number of hydrogen-bond acceptors (Lipinski definition) is 4. The van der Waals surface area contributed by atoms with E-state index in [1.165, 1.54) is 0 Å². The Morgan fingerprint density at radius 2 is 1.90 bits per heavy atom. The minimum atomic E-state index is -0.00248. The third-order valence-electron chi connectivity index (χ3n) is 3.85. The molecule has 1 fully saturated rings. The van der Waals surface area contributed by atoms with E-state index >= 15 is 0 Å². The quantitative estimate of drug-likeness (QED) is 0.907. The van der Waals surface area contributed by atoms with Crippen LogP contribution in [0.4, 0.5) is 0 Å². The number of carbonyl (C=O) groups is 1. The summed E-state index contributed by atoms with van der Waals surface area (Å²) in [4.78, 5) is 20.9. The maximum absolute atomic E-state index is 12.4. The summed E-state index contributed by atoms with van der Waals surface area (Å²) in [5, 5.41) is 8.93. The molecular weight excluding hydrogens is 266 g/mol. The van der Waals surface area contributed by atoms with Crippen molar-refractivity contribution in [2.75, 3.05) is 39.3 Å². The van der Waals surface area contributed by atoms with Gasteiger partial charge >= 0.3 is 0 Å². The van der Waals surface area contributed by atoms with Crippen LogP contribution < -0.4 is 0 Å². The number of amides is 1. The Balaban J connectivity index is 1.98. The van der Waals surface area contributed by atoms with Gasteiger partial charge in [-0.1, -0.05) is 20.8 Å². The van der Waals surface area contributed by atoms with Crippen LogP contribution >= 0.6 is 0 Å². The Hall–Kier alpha value is -1.46. The zero-order chi connectivity index (χ0) is 15.5. The van der Waals surface area contributed by atoms with Crippen LogP contribution in [0.2, 0.25) is 0 Å². The van der Waals surface area contributed by atoms with Crippen LogP contribution in [0.1, 0.15) is 36.8 Å². The largest absolute Gasteiger partial charge is 0.395 e. The Labute approximate surface area is 126 Å². The van der Waals surface area contributed by atoms with Gasteiger partial charge in [-0.05, 0) is 12.1 Å². The molecule has 1 aromatic heterocycles. The molecule has 0 spiro atoms. The molecule has 0 radical (unpaired) electrons. The number of β-amino-alcohol motifs (C(OH)–C–C–N with tert-alkyl or cyclic N) is 1. The maximum Gasteiger partial charge on any atom is 0.255 e. The summed E-state index contributed by atoms with van der Waals surface area (Å²) in [7, 11) is 0. The minimum Gasteiger partial charge on any atom is -0.395 e. The zero-order valence-corrected chi connectivity index (χ0v) is 13.2. The van der Waals surface area contributed by atoms with E-state index < -0.39 is 0 Å². The number of aliphatic hydroxyl groups excluding tert-OH is 1. The molecule has 0 unspecified atom stereocenters. The van der Waals surface area contributed by atoms with Gasteiger partial charge in [-0.2, -0.15) is 0 Å². The average molecular weight is 291 g/mol. The van der Waals surface area contributed by atoms with Crippen LogP contribution in [0.5, 0.6) is 0 Å². The first-order chi connectivity index (χ1) is 9.91. The summed E-state index contributed by atoms with van der Waals surface area (Å²) < 4.78 is 0. The van der Waals surface area contributed by atoms with Crippen molar-refractivity contribution in [2.24, 2.45) is 0 Å². The van der Waals surface area contributed by atoms with Gasteiger partial charge in [-0.3, -0.25) is 14.7 Å². The number of piperazine rings is 1. The van der Waals surface area contributed by atoms with Crippen LogP contribution in [0.25, 0.3) is 0 Å². The molecule has 0 aromatic carbocycles. The van der Waals surface area contributed by atoms with E-state index in [1.807, 2.05) is 17.0 Å². The molecule has 21 heavy (non-hydrogen) atoms. The lowest BCUT2D eigenvalue weighted by Gasteiger charge is -2.34. The molecule has 1 aliphatic rings. The Morgan fingerprint density at radius 3 is 2.38 bits per heavy atom. The molecule has 2 rings (SSSR count). The van der Waals surface area contributed by atoms with Crippen molar-refractivity contribution >= 4 is 5.91 Å². The minimum absolute atomic E-state index is 0.00248. The Kier molecular flexibility index (Phi) is 4.96. The lowest BCUT2D eigenvalue weighted by molar-refractivity contribution is 0.0614. The number of aromatic nitrogens is 1. The third-order valence-corrected chi connectivity index (χ3v) is 3.85. The van der Waals surface area contributed by atoms with Crippen molar-refractivity contribution < 1.29 is 9.90 Å². The van der Waals surface area contributed by atoms with E-state index in [-0.39, 0.29) is 17.9 Å². The summed E-state index contributed by atoms with van der Waals surface area (Å²) in [6, 6.07) is 3.81. The SMILES string of the molecule is CC(C)(C)c1ccc(C(=O)N2CCN(CCO)CC2)cn1. The molecule has 0 saturated carbocycles. The maximum atomic E-state index is 12.4. The molecule has 1 amide bonds. The number of aliphatic hydroxyl groups is 1. The molecule has 1 aliphatic heterocycles. The zero-order valence-electron chi connectivity index (χ0n) is 13.2. The highest BCUT2D eigenvalue weighted by atomic mass is 16.3. The normalized spacial score (nSPS) is 17.0. The first-order valence-corrected chi connectivity index (χ1v) is 7.51. The molecule has 5 heteroatoms. The summed E-state index contributed by atoms with van der Waals surface area (Å²) >= 11 is 0. The standard InChI is InChI=1S/C16H25N3O2/c1-16(2,3)14-5-4-13(12-17-14)15(21)19-8-6-18(7-9-19)10-11-20/h4-5,12,20H,6-11H2,1-3H3. The smallest absolute Gasteiger partial charge is 0.255 e.